The highest BCUT2D eigenvalue weighted by atomic mass is 35.5. The molecule has 126 valence electrons. The molecule has 0 aliphatic carbocycles. The van der Waals surface area contributed by atoms with Crippen LogP contribution in [0.5, 0.6) is 0 Å². The van der Waals surface area contributed by atoms with Crippen LogP contribution in [-0.2, 0) is 4.79 Å². The van der Waals surface area contributed by atoms with E-state index in [1.165, 1.54) is 0 Å². The van der Waals surface area contributed by atoms with Crippen molar-refractivity contribution < 1.29 is 9.59 Å². The first kappa shape index (κ1) is 17.8. The van der Waals surface area contributed by atoms with E-state index in [2.05, 4.69) is 10.6 Å². The lowest BCUT2D eigenvalue weighted by Gasteiger charge is -2.33. The third-order valence-electron chi connectivity index (χ3n) is 4.53. The lowest BCUT2D eigenvalue weighted by Crippen LogP contribution is -2.50. The van der Waals surface area contributed by atoms with Gasteiger partial charge in [-0.15, -0.1) is 12.4 Å². The van der Waals surface area contributed by atoms with E-state index in [0.29, 0.717) is 18.0 Å². The molecule has 2 aliphatic rings. The number of nitrogens with zero attached hydrogens (tertiary/aromatic N) is 1. The number of nitrogens with one attached hydrogen (secondary N) is 2. The smallest absolute Gasteiger partial charge is 0.253 e. The van der Waals surface area contributed by atoms with Gasteiger partial charge in [0.15, 0.2) is 0 Å². The molecule has 2 N–H and O–H groups in total. The molecule has 2 heterocycles. The molecule has 0 spiro atoms. The van der Waals surface area contributed by atoms with Gasteiger partial charge in [0.1, 0.15) is 0 Å². The fourth-order valence-corrected chi connectivity index (χ4v) is 3.02. The number of hydrogen-bond acceptors (Lipinski definition) is 3. The highest BCUT2D eigenvalue weighted by molar-refractivity contribution is 5.94. The fraction of sp³-hybridized carbons (Fsp3) is 0.529. The Hall–Kier alpha value is -1.59. The molecule has 1 unspecified atom stereocenters. The van der Waals surface area contributed by atoms with Crippen molar-refractivity contribution >= 4 is 24.2 Å². The average molecular weight is 338 g/mol. The van der Waals surface area contributed by atoms with Gasteiger partial charge in [-0.05, 0) is 25.0 Å². The van der Waals surface area contributed by atoms with Crippen molar-refractivity contribution in [1.82, 2.24) is 15.5 Å². The molecule has 3 rings (SSSR count). The zero-order valence-electron chi connectivity index (χ0n) is 13.2. The van der Waals surface area contributed by atoms with E-state index in [1.807, 2.05) is 35.2 Å². The van der Waals surface area contributed by atoms with Crippen LogP contribution in [0, 0.1) is 11.8 Å². The number of likely N-dealkylation sites (tertiary alicyclic amines) is 1. The number of hydrogen-bond donors (Lipinski definition) is 2. The maximum Gasteiger partial charge on any atom is 0.253 e. The Morgan fingerprint density at radius 2 is 1.96 bits per heavy atom. The summed E-state index contributed by atoms with van der Waals surface area (Å²) in [4.78, 5) is 26.6. The molecule has 2 amide bonds. The Kier molecular flexibility index (Phi) is 6.42. The van der Waals surface area contributed by atoms with E-state index in [4.69, 9.17) is 0 Å². The van der Waals surface area contributed by atoms with Crippen LogP contribution >= 0.6 is 12.4 Å². The number of carbonyl (C=O) groups is 2. The van der Waals surface area contributed by atoms with E-state index in [1.54, 1.807) is 0 Å². The maximum atomic E-state index is 12.5. The van der Waals surface area contributed by atoms with E-state index in [-0.39, 0.29) is 30.1 Å². The van der Waals surface area contributed by atoms with Gasteiger partial charge < -0.3 is 15.5 Å². The van der Waals surface area contributed by atoms with Gasteiger partial charge in [0.2, 0.25) is 5.91 Å². The number of rotatable bonds is 4. The summed E-state index contributed by atoms with van der Waals surface area (Å²) in [6.07, 6.45) is 1.76. The number of halogens is 1. The highest BCUT2D eigenvalue weighted by Crippen LogP contribution is 2.19. The zero-order chi connectivity index (χ0) is 15.4. The average Bonchev–Trinajstić information content (AvgIpc) is 2.53. The minimum absolute atomic E-state index is 0. The van der Waals surface area contributed by atoms with Gasteiger partial charge in [0.05, 0.1) is 5.92 Å². The SMILES string of the molecule is Cl.O=C(NCC1CNC1)C1CCCN(C(=O)c2ccccc2)C1. The topological polar surface area (TPSA) is 61.4 Å². The van der Waals surface area contributed by atoms with E-state index in [0.717, 1.165) is 39.0 Å². The predicted octanol–water partition coefficient (Wildman–Crippen LogP) is 1.30. The fourth-order valence-electron chi connectivity index (χ4n) is 3.02. The van der Waals surface area contributed by atoms with Crippen molar-refractivity contribution in [1.29, 1.82) is 0 Å². The molecule has 2 aliphatic heterocycles. The van der Waals surface area contributed by atoms with Crippen LogP contribution in [0.3, 0.4) is 0 Å². The zero-order valence-corrected chi connectivity index (χ0v) is 14.0. The summed E-state index contributed by atoms with van der Waals surface area (Å²) in [7, 11) is 0. The normalized spacial score (nSPS) is 21.0. The molecular formula is C17H24ClN3O2. The number of carbonyl (C=O) groups excluding carboxylic acids is 2. The minimum Gasteiger partial charge on any atom is -0.355 e. The first-order valence-corrected chi connectivity index (χ1v) is 8.07. The largest absolute Gasteiger partial charge is 0.355 e. The van der Waals surface area contributed by atoms with Gasteiger partial charge >= 0.3 is 0 Å². The summed E-state index contributed by atoms with van der Waals surface area (Å²) >= 11 is 0. The summed E-state index contributed by atoms with van der Waals surface area (Å²) in [5.74, 6) is 0.614. The Labute approximate surface area is 143 Å². The molecule has 23 heavy (non-hydrogen) atoms. The van der Waals surface area contributed by atoms with Crippen molar-refractivity contribution in [2.75, 3.05) is 32.7 Å². The summed E-state index contributed by atoms with van der Waals surface area (Å²) < 4.78 is 0. The van der Waals surface area contributed by atoms with Crippen LogP contribution in [0.1, 0.15) is 23.2 Å². The molecular weight excluding hydrogens is 314 g/mol. The Bertz CT molecular complexity index is 534. The molecule has 0 aromatic heterocycles. The molecule has 0 bridgehead atoms. The molecule has 1 atom stereocenters. The second-order valence-corrected chi connectivity index (χ2v) is 6.23. The van der Waals surface area contributed by atoms with Crippen LogP contribution in [-0.4, -0.2) is 49.4 Å². The molecule has 2 saturated heterocycles. The first-order valence-electron chi connectivity index (χ1n) is 8.07. The standard InChI is InChI=1S/C17H23N3O2.ClH/c21-16(19-11-13-9-18-10-13)15-7-4-8-20(12-15)17(22)14-5-2-1-3-6-14;/h1-3,5-6,13,15,18H,4,7-12H2,(H,19,21);1H. The second-order valence-electron chi connectivity index (χ2n) is 6.23. The van der Waals surface area contributed by atoms with E-state index < -0.39 is 0 Å². The van der Waals surface area contributed by atoms with Crippen LogP contribution in [0.25, 0.3) is 0 Å². The highest BCUT2D eigenvalue weighted by Gasteiger charge is 2.29. The van der Waals surface area contributed by atoms with Crippen molar-refractivity contribution in [3.05, 3.63) is 35.9 Å². The van der Waals surface area contributed by atoms with E-state index >= 15 is 0 Å². The van der Waals surface area contributed by atoms with Crippen molar-refractivity contribution in [3.63, 3.8) is 0 Å². The van der Waals surface area contributed by atoms with Gasteiger partial charge in [-0.25, -0.2) is 0 Å². The van der Waals surface area contributed by atoms with Crippen LogP contribution in [0.2, 0.25) is 0 Å². The van der Waals surface area contributed by atoms with Crippen LogP contribution in [0.4, 0.5) is 0 Å². The monoisotopic (exact) mass is 337 g/mol. The lowest BCUT2D eigenvalue weighted by molar-refractivity contribution is -0.126. The molecule has 0 radical (unpaired) electrons. The number of piperidine rings is 1. The van der Waals surface area contributed by atoms with E-state index in [9.17, 15) is 9.59 Å². The lowest BCUT2D eigenvalue weighted by atomic mass is 9.95. The summed E-state index contributed by atoms with van der Waals surface area (Å²) in [5, 5.41) is 6.24. The molecule has 1 aromatic rings. The number of amides is 2. The second kappa shape index (κ2) is 8.31. The Balaban J connectivity index is 0.00000192. The molecule has 0 saturated carbocycles. The van der Waals surface area contributed by atoms with Crippen LogP contribution < -0.4 is 10.6 Å². The first-order chi connectivity index (χ1) is 10.7. The Morgan fingerprint density at radius 1 is 1.22 bits per heavy atom. The van der Waals surface area contributed by atoms with Gasteiger partial charge in [-0.3, -0.25) is 9.59 Å². The molecule has 6 heteroatoms. The van der Waals surface area contributed by atoms with Crippen LogP contribution in [0.15, 0.2) is 30.3 Å². The maximum absolute atomic E-state index is 12.5. The summed E-state index contributed by atoms with van der Waals surface area (Å²) in [6, 6.07) is 9.30. The van der Waals surface area contributed by atoms with Gasteiger partial charge in [0, 0.05) is 44.2 Å². The summed E-state index contributed by atoms with van der Waals surface area (Å²) in [5.41, 5.74) is 0.698. The van der Waals surface area contributed by atoms with Gasteiger partial charge in [0.25, 0.3) is 5.91 Å². The number of benzene rings is 1. The molecule has 5 nitrogen and oxygen atoms in total. The van der Waals surface area contributed by atoms with Crippen molar-refractivity contribution in [3.8, 4) is 0 Å². The quantitative estimate of drug-likeness (QED) is 0.870. The summed E-state index contributed by atoms with van der Waals surface area (Å²) in [6.45, 7) is 3.99. The molecule has 2 fully saturated rings. The Morgan fingerprint density at radius 3 is 2.61 bits per heavy atom. The van der Waals surface area contributed by atoms with Gasteiger partial charge in [-0.1, -0.05) is 18.2 Å². The third-order valence-corrected chi connectivity index (χ3v) is 4.53. The minimum atomic E-state index is -0.0746. The third kappa shape index (κ3) is 4.45. The van der Waals surface area contributed by atoms with Gasteiger partial charge in [-0.2, -0.15) is 0 Å². The molecule has 1 aromatic carbocycles. The predicted molar refractivity (Wildman–Crippen MR) is 91.7 cm³/mol. The van der Waals surface area contributed by atoms with Crippen molar-refractivity contribution in [2.45, 2.75) is 12.8 Å². The van der Waals surface area contributed by atoms with Crippen molar-refractivity contribution in [2.24, 2.45) is 11.8 Å².